The van der Waals surface area contributed by atoms with E-state index in [0.29, 0.717) is 6.54 Å². The molecule has 0 aromatic heterocycles. The van der Waals surface area contributed by atoms with Gasteiger partial charge in [0.05, 0.1) is 20.1 Å². The molecule has 22 heavy (non-hydrogen) atoms. The van der Waals surface area contributed by atoms with E-state index in [0.717, 1.165) is 13.0 Å². The first-order valence-corrected chi connectivity index (χ1v) is 10.2. The lowest BCUT2D eigenvalue weighted by Crippen LogP contribution is -2.37. The molecule has 2 nitrogen and oxygen atoms in total. The minimum absolute atomic E-state index is 0.0571. The third-order valence-corrected chi connectivity index (χ3v) is 4.90. The number of rotatable bonds is 17. The molecule has 0 spiro atoms. The van der Waals surface area contributed by atoms with Crippen LogP contribution in [0.15, 0.2) is 0 Å². The number of hydroxylamine groups is 3. The molecule has 0 aliphatic rings. The molecule has 0 rings (SSSR count). The van der Waals surface area contributed by atoms with Crippen molar-refractivity contribution in [2.45, 2.75) is 110 Å². The van der Waals surface area contributed by atoms with Gasteiger partial charge in [0, 0.05) is 0 Å². The maximum Gasteiger partial charge on any atom is 0.0781 e. The Bertz CT molecular complexity index is 216. The first-order chi connectivity index (χ1) is 10.6. The molecule has 0 aromatic rings. The van der Waals surface area contributed by atoms with Crippen LogP contribution in [0, 0.1) is 5.21 Å². The fourth-order valence-electron chi connectivity index (χ4n) is 2.98. The van der Waals surface area contributed by atoms with E-state index in [2.05, 4.69) is 6.92 Å². The van der Waals surface area contributed by atoms with Crippen molar-refractivity contribution in [1.82, 2.24) is 0 Å². The Morgan fingerprint density at radius 2 is 0.864 bits per heavy atom. The molecule has 0 aromatic carbocycles. The lowest BCUT2D eigenvalue weighted by Gasteiger charge is -2.37. The summed E-state index contributed by atoms with van der Waals surface area (Å²) in [5.41, 5.74) is 0. The van der Waals surface area contributed by atoms with E-state index >= 15 is 0 Å². The van der Waals surface area contributed by atoms with Crippen LogP contribution in [-0.4, -0.2) is 24.8 Å². The van der Waals surface area contributed by atoms with Crippen LogP contribution in [0.25, 0.3) is 0 Å². The van der Waals surface area contributed by atoms with Gasteiger partial charge in [-0.1, -0.05) is 90.4 Å². The molecule has 1 atom stereocenters. The first kappa shape index (κ1) is 21.9. The maximum absolute atomic E-state index is 11.7. The van der Waals surface area contributed by atoms with E-state index in [4.69, 9.17) is 0 Å². The summed E-state index contributed by atoms with van der Waals surface area (Å²) in [6.45, 7) is 5.77. The summed E-state index contributed by atoms with van der Waals surface area (Å²) < 4.78 is -0.0571. The van der Waals surface area contributed by atoms with Gasteiger partial charge in [-0.25, -0.2) is 0 Å². The smallest absolute Gasteiger partial charge is 0.0781 e. The van der Waals surface area contributed by atoms with Crippen LogP contribution in [0.2, 0.25) is 0 Å². The highest BCUT2D eigenvalue weighted by molar-refractivity contribution is 4.50. The average molecular weight is 314 g/mol. The van der Waals surface area contributed by atoms with E-state index in [9.17, 15) is 5.21 Å². The van der Waals surface area contributed by atoms with Crippen LogP contribution in [0.5, 0.6) is 0 Å². The molecule has 0 saturated heterocycles. The predicted octanol–water partition coefficient (Wildman–Crippen LogP) is 6.82. The van der Waals surface area contributed by atoms with Crippen molar-refractivity contribution in [3.63, 3.8) is 0 Å². The molecule has 0 amide bonds. The second kappa shape index (κ2) is 15.8. The summed E-state index contributed by atoms with van der Waals surface area (Å²) in [4.78, 5) is 0. The second-order valence-electron chi connectivity index (χ2n) is 7.29. The molecule has 0 fully saturated rings. The summed E-state index contributed by atoms with van der Waals surface area (Å²) in [7, 11) is 1.80. The van der Waals surface area contributed by atoms with Gasteiger partial charge >= 0.3 is 0 Å². The van der Waals surface area contributed by atoms with Gasteiger partial charge in [0.15, 0.2) is 0 Å². The molecule has 0 heterocycles. The van der Waals surface area contributed by atoms with Gasteiger partial charge in [-0.3, -0.25) is 0 Å². The molecule has 0 N–H and O–H groups in total. The topological polar surface area (TPSA) is 23.1 Å². The van der Waals surface area contributed by atoms with Gasteiger partial charge in [0.1, 0.15) is 0 Å². The van der Waals surface area contributed by atoms with Gasteiger partial charge in [-0.2, -0.15) is 0 Å². The third-order valence-electron chi connectivity index (χ3n) is 4.90. The number of hydrogen-bond acceptors (Lipinski definition) is 1. The van der Waals surface area contributed by atoms with Gasteiger partial charge in [-0.15, -0.1) is 0 Å². The molecule has 134 valence electrons. The number of unbranched alkanes of at least 4 members (excludes halogenated alkanes) is 14. The number of quaternary nitrogens is 1. The van der Waals surface area contributed by atoms with Crippen LogP contribution < -0.4 is 0 Å². The van der Waals surface area contributed by atoms with Crippen molar-refractivity contribution in [2.24, 2.45) is 0 Å². The Morgan fingerprint density at radius 1 is 0.545 bits per heavy atom. The minimum Gasteiger partial charge on any atom is -0.633 e. The molecule has 0 aliphatic heterocycles. The molecule has 0 aliphatic carbocycles. The Kier molecular flexibility index (Phi) is 15.7. The fraction of sp³-hybridized carbons (Fsp3) is 1.00. The molecule has 0 saturated carbocycles. The van der Waals surface area contributed by atoms with E-state index in [-0.39, 0.29) is 4.65 Å². The Hall–Kier alpha value is -0.0800. The van der Waals surface area contributed by atoms with E-state index in [1.165, 1.54) is 89.9 Å². The van der Waals surface area contributed by atoms with Crippen molar-refractivity contribution in [1.29, 1.82) is 0 Å². The van der Waals surface area contributed by atoms with Gasteiger partial charge in [0.2, 0.25) is 0 Å². The number of nitrogens with zero attached hydrogens (tertiary/aromatic N) is 1. The summed E-state index contributed by atoms with van der Waals surface area (Å²) in [5, 5.41) is 11.7. The van der Waals surface area contributed by atoms with Crippen LogP contribution in [0.3, 0.4) is 0 Å². The first-order valence-electron chi connectivity index (χ1n) is 10.2. The van der Waals surface area contributed by atoms with E-state index in [1.54, 1.807) is 7.05 Å². The van der Waals surface area contributed by atoms with Crippen LogP contribution in [0.4, 0.5) is 0 Å². The molecule has 0 bridgehead atoms. The normalized spacial score (nSPS) is 14.2. The fourth-order valence-corrected chi connectivity index (χ4v) is 2.98. The molecule has 0 radical (unpaired) electrons. The van der Waals surface area contributed by atoms with E-state index < -0.39 is 0 Å². The second-order valence-corrected chi connectivity index (χ2v) is 7.29. The van der Waals surface area contributed by atoms with Crippen LogP contribution in [-0.2, 0) is 0 Å². The molecule has 2 heteroatoms. The maximum atomic E-state index is 11.7. The lowest BCUT2D eigenvalue weighted by molar-refractivity contribution is -0.859. The van der Waals surface area contributed by atoms with Crippen molar-refractivity contribution >= 4 is 0 Å². The predicted molar refractivity (Wildman–Crippen MR) is 99.9 cm³/mol. The van der Waals surface area contributed by atoms with Crippen molar-refractivity contribution in [3.05, 3.63) is 5.21 Å². The van der Waals surface area contributed by atoms with E-state index in [1.807, 2.05) is 6.92 Å². The summed E-state index contributed by atoms with van der Waals surface area (Å²) in [6.07, 6.45) is 20.7. The zero-order chi connectivity index (χ0) is 16.5. The van der Waals surface area contributed by atoms with Crippen molar-refractivity contribution in [2.75, 3.05) is 20.1 Å². The highest BCUT2D eigenvalue weighted by Crippen LogP contribution is 2.13. The Labute approximate surface area is 140 Å². The average Bonchev–Trinajstić information content (AvgIpc) is 2.51. The van der Waals surface area contributed by atoms with Gasteiger partial charge in [0.25, 0.3) is 0 Å². The number of hydrogen-bond donors (Lipinski definition) is 0. The lowest BCUT2D eigenvalue weighted by atomic mass is 10.0. The largest absolute Gasteiger partial charge is 0.633 e. The standard InChI is InChI=1S/C20H43NO/c1-4-6-7-8-9-10-11-12-13-14-15-16-17-18-19-20-21(3,22)5-2/h4-20H2,1-3H3. The Balaban J connectivity index is 3.06. The minimum atomic E-state index is -0.0571. The summed E-state index contributed by atoms with van der Waals surface area (Å²) >= 11 is 0. The summed E-state index contributed by atoms with van der Waals surface area (Å²) in [5.74, 6) is 0. The van der Waals surface area contributed by atoms with Crippen LogP contribution in [0.1, 0.15) is 110 Å². The SMILES string of the molecule is CCCCCCCCCCCCCCCCC[N+](C)([O-])CC. The highest BCUT2D eigenvalue weighted by atomic mass is 16.5. The monoisotopic (exact) mass is 313 g/mol. The molecule has 1 unspecified atom stereocenters. The highest BCUT2D eigenvalue weighted by Gasteiger charge is 2.05. The van der Waals surface area contributed by atoms with Gasteiger partial charge in [-0.05, 0) is 19.8 Å². The van der Waals surface area contributed by atoms with Crippen molar-refractivity contribution < 1.29 is 4.65 Å². The summed E-state index contributed by atoms with van der Waals surface area (Å²) in [6, 6.07) is 0. The molecular formula is C20H43NO. The Morgan fingerprint density at radius 3 is 1.18 bits per heavy atom. The molecular weight excluding hydrogens is 270 g/mol. The zero-order valence-corrected chi connectivity index (χ0v) is 15.9. The van der Waals surface area contributed by atoms with Gasteiger partial charge < -0.3 is 9.85 Å². The van der Waals surface area contributed by atoms with Crippen molar-refractivity contribution in [3.8, 4) is 0 Å². The quantitative estimate of drug-likeness (QED) is 0.164. The zero-order valence-electron chi connectivity index (χ0n) is 15.9. The van der Waals surface area contributed by atoms with Crippen LogP contribution >= 0.6 is 0 Å². The third kappa shape index (κ3) is 16.3.